The Morgan fingerprint density at radius 3 is 1.93 bits per heavy atom. The van der Waals surface area contributed by atoms with E-state index in [0.717, 1.165) is 5.69 Å². The Hall–Kier alpha value is 0.970. The number of Topliss-reactive ketones (excluding diaryl/α,β-unsaturated/α-hetero) is 1. The molecule has 1 aromatic heterocycles. The molecule has 0 unspecified atom stereocenters. The molecular weight excluding hydrogens is 917 g/mol. The standard InChI is InChI=1S/C7H10N2O.C6H7N3.CH6N2.I3.I2/c1-6(10)7(4-8)5-9(2)3;1-5-6(3-7)4-9(2)8-5;2*1-3-2;1-2/h5H,1-3H3;4H,1-2H3;3H,2H2,1H3;;/q;;;-1;/b7-5-;;;;. The fourth-order valence-electron chi connectivity index (χ4n) is 1.17. The van der Waals surface area contributed by atoms with Crippen molar-refractivity contribution >= 4 is 80.2 Å². The number of nitriles is 2. The summed E-state index contributed by atoms with van der Waals surface area (Å²) < 4.78 is 1.63. The van der Waals surface area contributed by atoms with Gasteiger partial charge in [-0.1, -0.05) is 0 Å². The minimum absolute atomic E-state index is 0.185. The molecule has 0 aliphatic heterocycles. The van der Waals surface area contributed by atoms with E-state index < -0.39 is 0 Å². The van der Waals surface area contributed by atoms with Crippen molar-refractivity contribution in [2.45, 2.75) is 13.8 Å². The average molecular weight is 940 g/mol. The number of aromatic nitrogens is 2. The Kier molecular flexibility index (Phi) is 35.4. The van der Waals surface area contributed by atoms with Crippen molar-refractivity contribution in [2.75, 3.05) is 21.1 Å². The van der Waals surface area contributed by atoms with Crippen molar-refractivity contribution < 1.29 is 18.0 Å². The van der Waals surface area contributed by atoms with E-state index in [-0.39, 0.29) is 11.4 Å². The first-order chi connectivity index (χ1) is 12.6. The number of hydrazine groups is 1. The van der Waals surface area contributed by atoms with E-state index in [0.29, 0.717) is 18.8 Å². The number of nitrogens with two attached hydrogens (primary N) is 1. The molecule has 156 valence electrons. The quantitative estimate of drug-likeness (QED) is 0.148. The molecule has 27 heavy (non-hydrogen) atoms. The Labute approximate surface area is 214 Å². The van der Waals surface area contributed by atoms with Crippen LogP contribution in [0.5, 0.6) is 0 Å². The van der Waals surface area contributed by atoms with Gasteiger partial charge in [-0.3, -0.25) is 20.7 Å². The predicted octanol–water partition coefficient (Wildman–Crippen LogP) is 0.771. The Morgan fingerprint density at radius 1 is 1.41 bits per heavy atom. The number of hydrogen-bond acceptors (Lipinski definition) is 7. The van der Waals surface area contributed by atoms with Crippen LogP contribution in [0.25, 0.3) is 0 Å². The van der Waals surface area contributed by atoms with Crippen molar-refractivity contribution in [3.05, 3.63) is 29.2 Å². The molecule has 0 aliphatic carbocycles. The first-order valence-corrected chi connectivity index (χ1v) is 25.6. The number of hydrogen-bond donors (Lipinski definition) is 2. The van der Waals surface area contributed by atoms with E-state index in [1.54, 1.807) is 50.0 Å². The van der Waals surface area contributed by atoms with Gasteiger partial charge in [-0.05, 0) is 20.9 Å². The van der Waals surface area contributed by atoms with Gasteiger partial charge in [0.1, 0.15) is 17.7 Å². The van der Waals surface area contributed by atoms with Crippen molar-refractivity contribution in [1.82, 2.24) is 20.1 Å². The molecule has 1 rings (SSSR count). The van der Waals surface area contributed by atoms with Gasteiger partial charge in [-0.2, -0.15) is 15.6 Å². The first kappa shape index (κ1) is 35.4. The molecule has 0 atom stereocenters. The van der Waals surface area contributed by atoms with Gasteiger partial charge < -0.3 is 4.90 Å². The summed E-state index contributed by atoms with van der Waals surface area (Å²) in [5.41, 5.74) is 3.88. The molecule has 13 heteroatoms. The van der Waals surface area contributed by atoms with Crippen molar-refractivity contribution in [2.24, 2.45) is 12.9 Å². The summed E-state index contributed by atoms with van der Waals surface area (Å²) >= 11 is 9.54. The maximum atomic E-state index is 10.6. The van der Waals surface area contributed by atoms with Gasteiger partial charge >= 0.3 is 50.5 Å². The molecule has 0 amide bonds. The topological polar surface area (TPSA) is 124 Å². The van der Waals surface area contributed by atoms with Crippen LogP contribution in [0.3, 0.4) is 0 Å². The zero-order valence-electron chi connectivity index (χ0n) is 15.8. The molecule has 3 N–H and O–H groups in total. The summed E-state index contributed by atoms with van der Waals surface area (Å²) in [7, 11) is 6.98. The van der Waals surface area contributed by atoms with Crippen molar-refractivity contribution in [3.63, 3.8) is 0 Å². The van der Waals surface area contributed by atoms with Crippen LogP contribution < -0.4 is 24.5 Å². The molecule has 0 saturated heterocycles. The van der Waals surface area contributed by atoms with Gasteiger partial charge in [0, 0.05) is 70.8 Å². The van der Waals surface area contributed by atoms with Crippen molar-refractivity contribution in [1.29, 1.82) is 10.5 Å². The number of rotatable bonds is 2. The van der Waals surface area contributed by atoms with E-state index >= 15 is 0 Å². The summed E-state index contributed by atoms with van der Waals surface area (Å²) in [6.07, 6.45) is 3.21. The Bertz CT molecular complexity index is 604. The fraction of sp³-hybridized carbons (Fsp3) is 0.429. The maximum absolute atomic E-state index is 10.6. The van der Waals surface area contributed by atoms with Crippen LogP contribution in [-0.2, 0) is 11.8 Å². The molecule has 8 nitrogen and oxygen atoms in total. The number of carbonyl (C=O) groups is 1. The monoisotopic (exact) mass is 940 g/mol. The van der Waals surface area contributed by atoms with Crippen LogP contribution in [0, 0.1) is 29.6 Å². The van der Waals surface area contributed by atoms with Gasteiger partial charge in [0.25, 0.3) is 0 Å². The summed E-state index contributed by atoms with van der Waals surface area (Å²) in [5, 5.41) is 20.8. The molecule has 0 saturated carbocycles. The average Bonchev–Trinajstić information content (AvgIpc) is 2.93. The third kappa shape index (κ3) is 27.0. The molecule has 0 aromatic carbocycles. The van der Waals surface area contributed by atoms with E-state index in [2.05, 4.69) is 90.8 Å². The number of nitrogens with zero attached hydrogens (tertiary/aromatic N) is 5. The summed E-state index contributed by atoms with van der Waals surface area (Å²) in [5.74, 6) is 4.40. The second-order valence-corrected chi connectivity index (χ2v) is 20.7. The number of carbonyl (C=O) groups excluding carboxylic acids is 1. The summed E-state index contributed by atoms with van der Waals surface area (Å²) in [4.78, 5) is 12.3. The molecule has 1 heterocycles. The summed E-state index contributed by atoms with van der Waals surface area (Å²) in [6, 6.07) is 3.84. The summed E-state index contributed by atoms with van der Waals surface area (Å²) in [6.45, 7) is 3.19. The van der Waals surface area contributed by atoms with Crippen LogP contribution in [0.4, 0.5) is 0 Å². The van der Waals surface area contributed by atoms with Crippen molar-refractivity contribution in [3.8, 4) is 12.1 Å². The van der Waals surface area contributed by atoms with E-state index in [4.69, 9.17) is 10.5 Å². The normalized spacial score (nSPS) is 8.56. The third-order valence-corrected chi connectivity index (χ3v) is 2.02. The molecule has 1 aromatic rings. The number of halogens is 5. The van der Waals surface area contributed by atoms with Gasteiger partial charge in [0.15, 0.2) is 5.78 Å². The zero-order valence-corrected chi connectivity index (χ0v) is 26.6. The van der Waals surface area contributed by atoms with Crippen LogP contribution >= 0.6 is 74.5 Å². The van der Waals surface area contributed by atoms with Gasteiger partial charge in [0.05, 0.1) is 11.3 Å². The molecule has 0 aliphatic rings. The van der Waals surface area contributed by atoms with Crippen LogP contribution in [0.1, 0.15) is 18.2 Å². The Balaban J connectivity index is -0.000000142. The fourth-order valence-corrected chi connectivity index (χ4v) is 1.17. The molecule has 0 fully saturated rings. The van der Waals surface area contributed by atoms with Gasteiger partial charge in [-0.15, -0.1) is 0 Å². The minimum atomic E-state index is -0.198. The third-order valence-electron chi connectivity index (χ3n) is 2.02. The second-order valence-electron chi connectivity index (χ2n) is 4.43. The van der Waals surface area contributed by atoms with Crippen LogP contribution in [-0.4, -0.2) is 41.6 Å². The van der Waals surface area contributed by atoms with Crippen LogP contribution in [0.2, 0.25) is 0 Å². The van der Waals surface area contributed by atoms with E-state index in [1.807, 2.05) is 13.0 Å². The van der Waals surface area contributed by atoms with Crippen LogP contribution in [0.15, 0.2) is 18.0 Å². The number of aryl methyl sites for hydroxylation is 2. The number of ketones is 1. The van der Waals surface area contributed by atoms with Gasteiger partial charge in [0.2, 0.25) is 0 Å². The molecule has 0 radical (unpaired) electrons. The van der Waals surface area contributed by atoms with Gasteiger partial charge in [-0.25, -0.2) is 0 Å². The number of nitrogens with one attached hydrogen (secondary N) is 1. The van der Waals surface area contributed by atoms with E-state index in [9.17, 15) is 4.79 Å². The number of allylic oxidation sites excluding steroid dienone is 1. The molecular formula is C14H23I5N7O-. The molecule has 0 spiro atoms. The second kappa shape index (κ2) is 27.0. The molecule has 0 bridgehead atoms. The zero-order chi connectivity index (χ0) is 22.4. The predicted molar refractivity (Wildman–Crippen MR) is 140 cm³/mol. The SMILES string of the molecule is CC(=O)/C(C#N)=C\N(C)C.CNN.Cc1nn(C)cc1C#N.II.I[I-]I. The Morgan fingerprint density at radius 2 is 1.81 bits per heavy atom. The van der Waals surface area contributed by atoms with E-state index in [1.165, 1.54) is 13.1 Å². The first-order valence-electron chi connectivity index (χ1n) is 6.73.